The van der Waals surface area contributed by atoms with Gasteiger partial charge >= 0.3 is 9.28 Å². The highest BCUT2D eigenvalue weighted by Gasteiger charge is 2.41. The zero-order valence-electron chi connectivity index (χ0n) is 14.8. The number of benzene rings is 3. The van der Waals surface area contributed by atoms with E-state index >= 15 is 0 Å². The summed E-state index contributed by atoms with van der Waals surface area (Å²) in [7, 11) is -1.34. The van der Waals surface area contributed by atoms with Crippen molar-refractivity contribution in [3.63, 3.8) is 0 Å². The standard InChI is InChI=1S/C21H24O2Si2/c1-21(19-13-7-3-8-14-19,20-15-9-4-10-16-20)25(23-24)22-17-18-11-5-2-6-12-18/h2-16,25H,17H2,1,24H3. The minimum atomic E-state index is -2.00. The van der Waals surface area contributed by atoms with E-state index in [-0.39, 0.29) is 5.04 Å². The molecule has 3 aromatic carbocycles. The number of hydrogen-bond donors (Lipinski definition) is 0. The molecule has 0 N–H and O–H groups in total. The van der Waals surface area contributed by atoms with Gasteiger partial charge in [0.2, 0.25) is 0 Å². The Labute approximate surface area is 154 Å². The summed E-state index contributed by atoms with van der Waals surface area (Å²) in [5.74, 6) is 0. The Morgan fingerprint density at radius 2 is 1.20 bits per heavy atom. The lowest BCUT2D eigenvalue weighted by Crippen LogP contribution is -2.46. The first kappa shape index (κ1) is 17.8. The first-order chi connectivity index (χ1) is 12.2. The predicted octanol–water partition coefficient (Wildman–Crippen LogP) is 3.27. The van der Waals surface area contributed by atoms with Gasteiger partial charge in [-0.1, -0.05) is 91.0 Å². The average molecular weight is 365 g/mol. The Kier molecular flexibility index (Phi) is 5.99. The van der Waals surface area contributed by atoms with Crippen LogP contribution in [0.2, 0.25) is 0 Å². The van der Waals surface area contributed by atoms with Crippen molar-refractivity contribution in [2.45, 2.75) is 18.6 Å². The van der Waals surface area contributed by atoms with Gasteiger partial charge in [0, 0.05) is 0 Å². The van der Waals surface area contributed by atoms with Crippen LogP contribution in [0.25, 0.3) is 0 Å². The molecule has 0 aliphatic rings. The van der Waals surface area contributed by atoms with Crippen LogP contribution in [0.4, 0.5) is 0 Å². The summed E-state index contributed by atoms with van der Waals surface area (Å²) in [6.45, 7) is 2.85. The topological polar surface area (TPSA) is 18.5 Å². The Hall–Kier alpha value is -1.99. The summed E-state index contributed by atoms with van der Waals surface area (Å²) in [5, 5.41) is -0.237. The average Bonchev–Trinajstić information content (AvgIpc) is 2.70. The highest BCUT2D eigenvalue weighted by Crippen LogP contribution is 2.35. The van der Waals surface area contributed by atoms with Gasteiger partial charge in [0.25, 0.3) is 0 Å². The van der Waals surface area contributed by atoms with Crippen molar-refractivity contribution in [1.29, 1.82) is 0 Å². The first-order valence-corrected chi connectivity index (χ1v) is 10.9. The fourth-order valence-corrected chi connectivity index (χ4v) is 7.26. The van der Waals surface area contributed by atoms with Crippen LogP contribution < -0.4 is 0 Å². The Bertz CT molecular complexity index is 724. The number of hydrogen-bond acceptors (Lipinski definition) is 2. The second kappa shape index (κ2) is 8.40. The second-order valence-corrected chi connectivity index (χ2v) is 10.3. The van der Waals surface area contributed by atoms with Crippen molar-refractivity contribution in [1.82, 2.24) is 0 Å². The summed E-state index contributed by atoms with van der Waals surface area (Å²) in [4.78, 5) is 0. The molecule has 2 nitrogen and oxygen atoms in total. The Morgan fingerprint density at radius 3 is 1.64 bits per heavy atom. The van der Waals surface area contributed by atoms with E-state index in [4.69, 9.17) is 8.54 Å². The van der Waals surface area contributed by atoms with Crippen molar-refractivity contribution < 1.29 is 8.54 Å². The summed E-state index contributed by atoms with van der Waals surface area (Å²) in [5.41, 5.74) is 3.69. The van der Waals surface area contributed by atoms with E-state index in [1.54, 1.807) is 0 Å². The molecule has 4 heteroatoms. The van der Waals surface area contributed by atoms with Crippen molar-refractivity contribution >= 4 is 19.8 Å². The molecule has 0 saturated carbocycles. The molecular formula is C21H24O2Si2. The highest BCUT2D eigenvalue weighted by molar-refractivity contribution is 6.53. The van der Waals surface area contributed by atoms with Crippen LogP contribution in [-0.2, 0) is 20.2 Å². The van der Waals surface area contributed by atoms with E-state index in [0.717, 1.165) is 0 Å². The van der Waals surface area contributed by atoms with Crippen molar-refractivity contribution in [3.8, 4) is 0 Å². The fraction of sp³-hybridized carbons (Fsp3) is 0.143. The smallest absolute Gasteiger partial charge is 0.326 e. The molecule has 0 heterocycles. The summed E-state index contributed by atoms with van der Waals surface area (Å²) >= 11 is 0. The lowest BCUT2D eigenvalue weighted by Gasteiger charge is -2.36. The molecule has 0 aromatic heterocycles. The van der Waals surface area contributed by atoms with Gasteiger partial charge in [0.15, 0.2) is 0 Å². The molecule has 1 atom stereocenters. The molecule has 0 saturated heterocycles. The van der Waals surface area contributed by atoms with E-state index in [0.29, 0.717) is 17.1 Å². The van der Waals surface area contributed by atoms with Crippen LogP contribution >= 0.6 is 0 Å². The molecule has 1 unspecified atom stereocenters. The fourth-order valence-electron chi connectivity index (χ4n) is 3.22. The molecule has 0 spiro atoms. The lowest BCUT2D eigenvalue weighted by atomic mass is 9.92. The van der Waals surface area contributed by atoms with Gasteiger partial charge in [-0.15, -0.1) is 0 Å². The van der Waals surface area contributed by atoms with Crippen molar-refractivity contribution in [3.05, 3.63) is 108 Å². The van der Waals surface area contributed by atoms with Gasteiger partial charge < -0.3 is 8.54 Å². The zero-order valence-corrected chi connectivity index (χ0v) is 17.9. The van der Waals surface area contributed by atoms with Crippen LogP contribution in [0.1, 0.15) is 23.6 Å². The van der Waals surface area contributed by atoms with Gasteiger partial charge in [-0.05, 0) is 23.6 Å². The van der Waals surface area contributed by atoms with Crippen LogP contribution in [0.3, 0.4) is 0 Å². The van der Waals surface area contributed by atoms with Crippen molar-refractivity contribution in [2.75, 3.05) is 0 Å². The maximum Gasteiger partial charge on any atom is 0.326 e. The predicted molar refractivity (Wildman–Crippen MR) is 109 cm³/mol. The normalized spacial score (nSPS) is 12.8. The van der Waals surface area contributed by atoms with Gasteiger partial charge in [-0.2, -0.15) is 0 Å². The molecule has 128 valence electrons. The molecule has 0 aliphatic carbocycles. The molecule has 0 bridgehead atoms. The largest absolute Gasteiger partial charge is 0.446 e. The number of rotatable bonds is 7. The van der Waals surface area contributed by atoms with E-state index in [9.17, 15) is 0 Å². The van der Waals surface area contributed by atoms with Crippen LogP contribution in [0, 0.1) is 0 Å². The Balaban J connectivity index is 1.95. The molecule has 0 radical (unpaired) electrons. The SMILES string of the molecule is CC(c1ccccc1)(c1ccccc1)[SiH](O[SiH3])OCc1ccccc1. The third-order valence-corrected chi connectivity index (χ3v) is 8.47. The minimum Gasteiger partial charge on any atom is -0.446 e. The van der Waals surface area contributed by atoms with Gasteiger partial charge in [0.1, 0.15) is 10.5 Å². The summed E-state index contributed by atoms with van der Waals surface area (Å²) in [6, 6.07) is 31.5. The lowest BCUT2D eigenvalue weighted by molar-refractivity contribution is 0.241. The molecule has 25 heavy (non-hydrogen) atoms. The monoisotopic (exact) mass is 364 g/mol. The molecule has 0 fully saturated rings. The van der Waals surface area contributed by atoms with E-state index in [1.165, 1.54) is 16.7 Å². The van der Waals surface area contributed by atoms with E-state index in [1.807, 2.05) is 18.2 Å². The van der Waals surface area contributed by atoms with E-state index < -0.39 is 9.28 Å². The molecule has 3 aromatic rings. The molecule has 3 rings (SSSR count). The van der Waals surface area contributed by atoms with E-state index in [2.05, 4.69) is 79.7 Å². The van der Waals surface area contributed by atoms with Crippen molar-refractivity contribution in [2.24, 2.45) is 0 Å². The van der Waals surface area contributed by atoms with Gasteiger partial charge in [-0.3, -0.25) is 0 Å². The third kappa shape index (κ3) is 3.99. The maximum absolute atomic E-state index is 6.40. The van der Waals surface area contributed by atoms with Gasteiger partial charge in [-0.25, -0.2) is 0 Å². The molecular weight excluding hydrogens is 340 g/mol. The highest BCUT2D eigenvalue weighted by atomic mass is 28.3. The molecule has 0 aliphatic heterocycles. The first-order valence-electron chi connectivity index (χ1n) is 8.54. The minimum absolute atomic E-state index is 0.237. The summed E-state index contributed by atoms with van der Waals surface area (Å²) in [6.07, 6.45) is 0. The maximum atomic E-state index is 6.40. The zero-order chi connectivity index (χ0) is 17.5. The second-order valence-electron chi connectivity index (χ2n) is 6.30. The summed E-state index contributed by atoms with van der Waals surface area (Å²) < 4.78 is 12.5. The molecule has 0 amide bonds. The third-order valence-electron chi connectivity index (χ3n) is 4.68. The quantitative estimate of drug-likeness (QED) is 0.599. The van der Waals surface area contributed by atoms with Crippen LogP contribution in [0.5, 0.6) is 0 Å². The van der Waals surface area contributed by atoms with Gasteiger partial charge in [0.05, 0.1) is 11.6 Å². The van der Waals surface area contributed by atoms with Crippen LogP contribution in [0.15, 0.2) is 91.0 Å². The van der Waals surface area contributed by atoms with Crippen LogP contribution in [-0.4, -0.2) is 19.8 Å². The Morgan fingerprint density at radius 1 is 0.760 bits per heavy atom.